The van der Waals surface area contributed by atoms with Gasteiger partial charge in [-0.25, -0.2) is 0 Å². The van der Waals surface area contributed by atoms with E-state index in [0.717, 1.165) is 22.5 Å². The molecule has 1 aliphatic carbocycles. The molecule has 3 rings (SSSR count). The first-order chi connectivity index (χ1) is 9.56. The molecule has 1 aliphatic heterocycles. The minimum Gasteiger partial charge on any atom is -0.486 e. The SMILES string of the molecule is CC1(C)CCCC1NCc1cc(Br)c2c(c1)OCCO2. The number of fused-ring (bicyclic) bond motifs is 1. The van der Waals surface area contributed by atoms with E-state index in [-0.39, 0.29) is 0 Å². The van der Waals surface area contributed by atoms with Crippen LogP contribution in [-0.2, 0) is 6.54 Å². The third-order valence-corrected chi connectivity index (χ3v) is 5.06. The molecule has 1 fully saturated rings. The van der Waals surface area contributed by atoms with Gasteiger partial charge in [-0.1, -0.05) is 20.3 Å². The Labute approximate surface area is 129 Å². The van der Waals surface area contributed by atoms with Crippen LogP contribution >= 0.6 is 15.9 Å². The molecule has 1 aromatic rings. The Morgan fingerprint density at radius 2 is 2.10 bits per heavy atom. The van der Waals surface area contributed by atoms with E-state index in [1.165, 1.54) is 24.8 Å². The fourth-order valence-electron chi connectivity index (χ4n) is 3.21. The molecule has 2 aliphatic rings. The molecule has 1 N–H and O–H groups in total. The lowest BCUT2D eigenvalue weighted by atomic mass is 9.87. The summed E-state index contributed by atoms with van der Waals surface area (Å²) in [5.74, 6) is 1.69. The molecule has 0 spiro atoms. The van der Waals surface area contributed by atoms with E-state index >= 15 is 0 Å². The molecule has 1 saturated carbocycles. The number of benzene rings is 1. The molecule has 4 heteroatoms. The van der Waals surface area contributed by atoms with E-state index in [1.54, 1.807) is 0 Å². The first kappa shape index (κ1) is 14.2. The van der Waals surface area contributed by atoms with Crippen LogP contribution in [0.2, 0.25) is 0 Å². The molecule has 0 bridgehead atoms. The summed E-state index contributed by atoms with van der Waals surface area (Å²) in [6.07, 6.45) is 3.92. The largest absolute Gasteiger partial charge is 0.486 e. The molecular weight excluding hydrogens is 318 g/mol. The fourth-order valence-corrected chi connectivity index (χ4v) is 3.82. The summed E-state index contributed by atoms with van der Waals surface area (Å²) in [5.41, 5.74) is 1.65. The van der Waals surface area contributed by atoms with E-state index < -0.39 is 0 Å². The molecule has 3 nitrogen and oxygen atoms in total. The standard InChI is InChI=1S/C16H22BrNO2/c1-16(2)5-3-4-14(16)18-10-11-8-12(17)15-13(9-11)19-6-7-20-15/h8-9,14,18H,3-7,10H2,1-2H3. The first-order valence-electron chi connectivity index (χ1n) is 7.38. The fraction of sp³-hybridized carbons (Fsp3) is 0.625. The molecule has 1 atom stereocenters. The Bertz CT molecular complexity index is 501. The van der Waals surface area contributed by atoms with E-state index in [2.05, 4.69) is 47.2 Å². The normalized spacial score (nSPS) is 23.9. The summed E-state index contributed by atoms with van der Waals surface area (Å²) in [4.78, 5) is 0. The van der Waals surface area contributed by atoms with Gasteiger partial charge in [-0.05, 0) is 51.9 Å². The van der Waals surface area contributed by atoms with Crippen LogP contribution in [0, 0.1) is 5.41 Å². The lowest BCUT2D eigenvalue weighted by Crippen LogP contribution is -2.37. The van der Waals surface area contributed by atoms with Crippen molar-refractivity contribution in [1.29, 1.82) is 0 Å². The predicted octanol–water partition coefficient (Wildman–Crippen LogP) is 3.89. The van der Waals surface area contributed by atoms with Gasteiger partial charge in [0.15, 0.2) is 11.5 Å². The molecular formula is C16H22BrNO2. The lowest BCUT2D eigenvalue weighted by molar-refractivity contribution is 0.170. The van der Waals surface area contributed by atoms with Gasteiger partial charge in [0.05, 0.1) is 4.47 Å². The van der Waals surface area contributed by atoms with Crippen molar-refractivity contribution in [2.24, 2.45) is 5.41 Å². The Kier molecular flexibility index (Phi) is 3.95. The molecule has 0 amide bonds. The van der Waals surface area contributed by atoms with E-state index in [0.29, 0.717) is 24.7 Å². The smallest absolute Gasteiger partial charge is 0.175 e. The molecule has 0 saturated heterocycles. The van der Waals surface area contributed by atoms with Gasteiger partial charge in [0.25, 0.3) is 0 Å². The summed E-state index contributed by atoms with van der Waals surface area (Å²) < 4.78 is 12.3. The van der Waals surface area contributed by atoms with Crippen molar-refractivity contribution in [2.75, 3.05) is 13.2 Å². The van der Waals surface area contributed by atoms with Crippen LogP contribution in [0.5, 0.6) is 11.5 Å². The van der Waals surface area contributed by atoms with E-state index in [4.69, 9.17) is 9.47 Å². The Morgan fingerprint density at radius 1 is 1.30 bits per heavy atom. The van der Waals surface area contributed by atoms with Crippen molar-refractivity contribution in [3.63, 3.8) is 0 Å². The number of rotatable bonds is 3. The van der Waals surface area contributed by atoms with E-state index in [1.807, 2.05) is 0 Å². The maximum absolute atomic E-state index is 5.67. The second-order valence-electron chi connectivity index (χ2n) is 6.42. The quantitative estimate of drug-likeness (QED) is 0.906. The second-order valence-corrected chi connectivity index (χ2v) is 7.27. The summed E-state index contributed by atoms with van der Waals surface area (Å²) in [6.45, 7) is 6.85. The molecule has 1 aromatic carbocycles. The van der Waals surface area contributed by atoms with Gasteiger partial charge < -0.3 is 14.8 Å². The van der Waals surface area contributed by atoms with Crippen molar-refractivity contribution in [3.05, 3.63) is 22.2 Å². The maximum Gasteiger partial charge on any atom is 0.175 e. The topological polar surface area (TPSA) is 30.5 Å². The number of hydrogen-bond acceptors (Lipinski definition) is 3. The van der Waals surface area contributed by atoms with Crippen LogP contribution in [0.25, 0.3) is 0 Å². The summed E-state index contributed by atoms with van der Waals surface area (Å²) in [5, 5.41) is 3.70. The van der Waals surface area contributed by atoms with Crippen LogP contribution in [-0.4, -0.2) is 19.3 Å². The Morgan fingerprint density at radius 3 is 2.85 bits per heavy atom. The van der Waals surface area contributed by atoms with Crippen LogP contribution in [0.15, 0.2) is 16.6 Å². The zero-order valence-corrected chi connectivity index (χ0v) is 13.8. The second kappa shape index (κ2) is 5.57. The number of ether oxygens (including phenoxy) is 2. The zero-order valence-electron chi connectivity index (χ0n) is 12.2. The van der Waals surface area contributed by atoms with Gasteiger partial charge in [0, 0.05) is 12.6 Å². The van der Waals surface area contributed by atoms with Crippen molar-refractivity contribution in [1.82, 2.24) is 5.32 Å². The third kappa shape index (κ3) is 2.82. The zero-order chi connectivity index (χ0) is 14.2. The highest BCUT2D eigenvalue weighted by molar-refractivity contribution is 9.10. The highest BCUT2D eigenvalue weighted by Gasteiger charge is 2.33. The highest BCUT2D eigenvalue weighted by Crippen LogP contribution is 2.40. The maximum atomic E-state index is 5.67. The van der Waals surface area contributed by atoms with Crippen molar-refractivity contribution in [2.45, 2.75) is 45.7 Å². The highest BCUT2D eigenvalue weighted by atomic mass is 79.9. The number of halogens is 1. The van der Waals surface area contributed by atoms with Crippen molar-refractivity contribution < 1.29 is 9.47 Å². The minimum absolute atomic E-state index is 0.408. The first-order valence-corrected chi connectivity index (χ1v) is 8.17. The lowest BCUT2D eigenvalue weighted by Gasteiger charge is -2.28. The molecule has 110 valence electrons. The molecule has 1 unspecified atom stereocenters. The van der Waals surface area contributed by atoms with Crippen LogP contribution in [0.3, 0.4) is 0 Å². The molecule has 1 heterocycles. The van der Waals surface area contributed by atoms with Crippen molar-refractivity contribution >= 4 is 15.9 Å². The Balaban J connectivity index is 1.70. The summed E-state index contributed by atoms with van der Waals surface area (Å²) in [7, 11) is 0. The third-order valence-electron chi connectivity index (χ3n) is 4.47. The number of nitrogens with one attached hydrogen (secondary N) is 1. The number of hydrogen-bond donors (Lipinski definition) is 1. The molecule has 0 radical (unpaired) electrons. The average molecular weight is 340 g/mol. The van der Waals surface area contributed by atoms with Gasteiger partial charge in [0.2, 0.25) is 0 Å². The van der Waals surface area contributed by atoms with Gasteiger partial charge in [-0.15, -0.1) is 0 Å². The monoisotopic (exact) mass is 339 g/mol. The molecule has 20 heavy (non-hydrogen) atoms. The van der Waals surface area contributed by atoms with Gasteiger partial charge in [0.1, 0.15) is 13.2 Å². The Hall–Kier alpha value is -0.740. The van der Waals surface area contributed by atoms with Crippen LogP contribution in [0.4, 0.5) is 0 Å². The molecule has 0 aromatic heterocycles. The minimum atomic E-state index is 0.408. The van der Waals surface area contributed by atoms with Gasteiger partial charge >= 0.3 is 0 Å². The van der Waals surface area contributed by atoms with Crippen molar-refractivity contribution in [3.8, 4) is 11.5 Å². The average Bonchev–Trinajstić information content (AvgIpc) is 2.75. The van der Waals surface area contributed by atoms with Gasteiger partial charge in [-0.3, -0.25) is 0 Å². The van der Waals surface area contributed by atoms with Crippen LogP contribution < -0.4 is 14.8 Å². The summed E-state index contributed by atoms with van der Waals surface area (Å²) in [6, 6.07) is 4.82. The van der Waals surface area contributed by atoms with E-state index in [9.17, 15) is 0 Å². The predicted molar refractivity (Wildman–Crippen MR) is 83.4 cm³/mol. The van der Waals surface area contributed by atoms with Gasteiger partial charge in [-0.2, -0.15) is 0 Å². The van der Waals surface area contributed by atoms with Crippen LogP contribution in [0.1, 0.15) is 38.7 Å². The summed E-state index contributed by atoms with van der Waals surface area (Å²) >= 11 is 3.58.